The summed E-state index contributed by atoms with van der Waals surface area (Å²) in [4.78, 5) is 17.7. The van der Waals surface area contributed by atoms with Gasteiger partial charge in [-0.25, -0.2) is 15.0 Å². The summed E-state index contributed by atoms with van der Waals surface area (Å²) in [7, 11) is 1.50. The molecule has 0 aromatic carbocycles. The molecule has 0 saturated carbocycles. The van der Waals surface area contributed by atoms with Crippen molar-refractivity contribution < 1.29 is 19.8 Å². The molecule has 11 nitrogen and oxygen atoms in total. The maximum atomic E-state index is 10.6. The lowest BCUT2D eigenvalue weighted by atomic mass is 10.00. The van der Waals surface area contributed by atoms with Crippen LogP contribution in [0.4, 0.5) is 5.82 Å². The van der Waals surface area contributed by atoms with Gasteiger partial charge in [0, 0.05) is 5.28 Å². The highest BCUT2D eigenvalue weighted by molar-refractivity contribution is 5.81. The largest absolute Gasteiger partial charge is 0.387 e. The van der Waals surface area contributed by atoms with Crippen LogP contribution < -0.4 is 5.73 Å². The van der Waals surface area contributed by atoms with Gasteiger partial charge in [-0.2, -0.15) is 5.11 Å². The van der Waals surface area contributed by atoms with Crippen molar-refractivity contribution in [3.05, 3.63) is 12.7 Å². The van der Waals surface area contributed by atoms with E-state index in [1.54, 1.807) is 0 Å². The molecular weight excluding hydrogens is 366 g/mol. The normalized spacial score (nSPS) is 26.3. The van der Waals surface area contributed by atoms with Crippen LogP contribution in [0.25, 0.3) is 11.2 Å². The number of nitrogens with two attached hydrogens (primary N) is 1. The van der Waals surface area contributed by atoms with E-state index in [0.29, 0.717) is 17.6 Å². The van der Waals surface area contributed by atoms with Crippen LogP contribution in [-0.2, 0) is 9.57 Å². The third-order valence-electron chi connectivity index (χ3n) is 4.91. The molecule has 28 heavy (non-hydrogen) atoms. The van der Waals surface area contributed by atoms with E-state index in [4.69, 9.17) is 15.3 Å². The zero-order valence-corrected chi connectivity index (χ0v) is 16.0. The van der Waals surface area contributed by atoms with Gasteiger partial charge >= 0.3 is 0 Å². The smallest absolute Gasteiger partial charge is 0.167 e. The molecule has 2 aromatic rings. The van der Waals surface area contributed by atoms with Crippen molar-refractivity contribution in [3.8, 4) is 0 Å². The number of hydrogen-bond donors (Lipinski definition) is 3. The van der Waals surface area contributed by atoms with E-state index in [9.17, 15) is 10.2 Å². The Bertz CT molecular complexity index is 799. The summed E-state index contributed by atoms with van der Waals surface area (Å²) in [6.07, 6.45) is 3.00. The number of unbranched alkanes of at least 4 members (excludes halogenated alkanes) is 3. The fourth-order valence-electron chi connectivity index (χ4n) is 3.44. The van der Waals surface area contributed by atoms with Gasteiger partial charge in [-0.3, -0.25) is 4.57 Å². The highest BCUT2D eigenvalue weighted by atomic mass is 16.7. The number of aliphatic hydroxyl groups excluding tert-OH is 2. The van der Waals surface area contributed by atoms with Crippen LogP contribution in [0.15, 0.2) is 23.0 Å². The molecule has 1 aliphatic rings. The standard InChI is InChI=1S/C17H27N7O4/c1-3-4-5-6-7-10(28-23-19-2)14-12(25)13(26)17(27-14)24-9-22-11-15(18)20-8-21-16(11)24/h8-10,12-14,17,25-26H,3-7H2,1-2H3,(H2,18,20,21)/t10?,12-,13+,14+,17+/m0/s1. The molecule has 1 saturated heterocycles. The number of nitrogens with zero attached hydrogens (tertiary/aromatic N) is 6. The van der Waals surface area contributed by atoms with Gasteiger partial charge in [-0.1, -0.05) is 26.2 Å². The molecule has 1 fully saturated rings. The second-order valence-corrected chi connectivity index (χ2v) is 6.83. The Morgan fingerprint density at radius 3 is 2.82 bits per heavy atom. The Labute approximate surface area is 162 Å². The minimum Gasteiger partial charge on any atom is -0.387 e. The molecule has 2 aromatic heterocycles. The highest BCUT2D eigenvalue weighted by Gasteiger charge is 2.48. The van der Waals surface area contributed by atoms with E-state index in [0.717, 1.165) is 25.7 Å². The van der Waals surface area contributed by atoms with Crippen LogP contribution >= 0.6 is 0 Å². The maximum absolute atomic E-state index is 10.6. The molecular formula is C17H27N7O4. The number of aromatic nitrogens is 4. The second kappa shape index (κ2) is 9.22. The molecule has 0 aliphatic carbocycles. The Hall–Kier alpha value is -2.37. The Balaban J connectivity index is 1.79. The Morgan fingerprint density at radius 2 is 2.07 bits per heavy atom. The van der Waals surface area contributed by atoms with Crippen molar-refractivity contribution in [1.82, 2.24) is 19.5 Å². The average molecular weight is 393 g/mol. The van der Waals surface area contributed by atoms with Crippen molar-refractivity contribution in [2.24, 2.45) is 10.4 Å². The molecule has 1 aliphatic heterocycles. The van der Waals surface area contributed by atoms with Gasteiger partial charge in [0.05, 0.1) is 13.4 Å². The second-order valence-electron chi connectivity index (χ2n) is 6.83. The summed E-state index contributed by atoms with van der Waals surface area (Å²) in [5.41, 5.74) is 6.64. The first kappa shape index (κ1) is 20.4. The molecule has 5 atom stereocenters. The summed E-state index contributed by atoms with van der Waals surface area (Å²) in [6, 6.07) is 0. The van der Waals surface area contributed by atoms with Gasteiger partial charge in [-0.15, -0.1) is 0 Å². The minimum absolute atomic E-state index is 0.230. The van der Waals surface area contributed by atoms with Gasteiger partial charge in [-0.05, 0) is 12.8 Å². The van der Waals surface area contributed by atoms with E-state index >= 15 is 0 Å². The van der Waals surface area contributed by atoms with Gasteiger partial charge < -0.3 is 25.5 Å². The van der Waals surface area contributed by atoms with Crippen molar-refractivity contribution in [1.29, 1.82) is 0 Å². The van der Waals surface area contributed by atoms with Crippen LogP contribution in [0.1, 0.15) is 45.3 Å². The molecule has 3 heterocycles. The first-order chi connectivity index (χ1) is 13.6. The highest BCUT2D eigenvalue weighted by Crippen LogP contribution is 2.35. The number of hydrogen-bond acceptors (Lipinski definition) is 10. The van der Waals surface area contributed by atoms with E-state index in [-0.39, 0.29) is 5.82 Å². The van der Waals surface area contributed by atoms with Crippen molar-refractivity contribution >= 4 is 17.0 Å². The van der Waals surface area contributed by atoms with Crippen LogP contribution in [0.2, 0.25) is 0 Å². The van der Waals surface area contributed by atoms with Gasteiger partial charge in [0.25, 0.3) is 0 Å². The monoisotopic (exact) mass is 393 g/mol. The molecule has 4 N–H and O–H groups in total. The topological polar surface area (TPSA) is 153 Å². The predicted molar refractivity (Wildman–Crippen MR) is 100 cm³/mol. The molecule has 0 radical (unpaired) electrons. The fraction of sp³-hybridized carbons (Fsp3) is 0.706. The first-order valence-electron chi connectivity index (χ1n) is 9.48. The van der Waals surface area contributed by atoms with E-state index in [1.165, 1.54) is 24.3 Å². The number of rotatable bonds is 9. The van der Waals surface area contributed by atoms with E-state index in [2.05, 4.69) is 32.3 Å². The van der Waals surface area contributed by atoms with Crippen molar-refractivity contribution in [2.75, 3.05) is 12.8 Å². The lowest BCUT2D eigenvalue weighted by Crippen LogP contribution is -2.39. The third-order valence-corrected chi connectivity index (χ3v) is 4.91. The van der Waals surface area contributed by atoms with Crippen LogP contribution in [0, 0.1) is 0 Å². The van der Waals surface area contributed by atoms with Gasteiger partial charge in [0.1, 0.15) is 30.2 Å². The third kappa shape index (κ3) is 4.05. The predicted octanol–water partition coefficient (Wildman–Crippen LogP) is 1.38. The zero-order valence-electron chi connectivity index (χ0n) is 16.0. The first-order valence-corrected chi connectivity index (χ1v) is 9.48. The number of aliphatic hydroxyl groups is 2. The molecule has 0 amide bonds. The molecule has 1 unspecified atom stereocenters. The minimum atomic E-state index is -1.20. The number of anilines is 1. The molecule has 0 spiro atoms. The number of ether oxygens (including phenoxy) is 1. The number of imidazole rings is 1. The van der Waals surface area contributed by atoms with E-state index in [1.807, 2.05) is 0 Å². The van der Waals surface area contributed by atoms with E-state index < -0.39 is 30.6 Å². The van der Waals surface area contributed by atoms with Crippen molar-refractivity contribution in [3.63, 3.8) is 0 Å². The van der Waals surface area contributed by atoms with Gasteiger partial charge in [0.2, 0.25) is 0 Å². The van der Waals surface area contributed by atoms with Crippen LogP contribution in [-0.4, -0.2) is 61.2 Å². The Kier molecular flexibility index (Phi) is 6.70. The SMILES string of the molecule is CCCCCCC(ON=NC)[C@H]1O[C@@H](n2cnc3c(N)ncnc32)[C@H](O)[C@@H]1O. The molecule has 154 valence electrons. The average Bonchev–Trinajstić information content (AvgIpc) is 3.24. The lowest BCUT2D eigenvalue weighted by Gasteiger charge is -2.23. The van der Waals surface area contributed by atoms with Crippen molar-refractivity contribution in [2.45, 2.75) is 69.7 Å². The quantitative estimate of drug-likeness (QED) is 0.328. The number of nitrogen functional groups attached to an aromatic ring is 1. The van der Waals surface area contributed by atoms with Crippen LogP contribution in [0.5, 0.6) is 0 Å². The summed E-state index contributed by atoms with van der Waals surface area (Å²) in [5.74, 6) is 0.230. The number of fused-ring (bicyclic) bond motifs is 1. The van der Waals surface area contributed by atoms with Gasteiger partial charge in [0.15, 0.2) is 23.8 Å². The maximum Gasteiger partial charge on any atom is 0.167 e. The summed E-state index contributed by atoms with van der Waals surface area (Å²) >= 11 is 0. The lowest BCUT2D eigenvalue weighted by molar-refractivity contribution is -0.114. The molecule has 11 heteroatoms. The molecule has 0 bridgehead atoms. The summed E-state index contributed by atoms with van der Waals surface area (Å²) in [5, 5.41) is 28.4. The fourth-order valence-corrected chi connectivity index (χ4v) is 3.44. The summed E-state index contributed by atoms with van der Waals surface area (Å²) < 4.78 is 7.53. The van der Waals surface area contributed by atoms with Crippen LogP contribution in [0.3, 0.4) is 0 Å². The zero-order chi connectivity index (χ0) is 20.1. The molecule has 3 rings (SSSR count). The Morgan fingerprint density at radius 1 is 1.25 bits per heavy atom. The summed E-state index contributed by atoms with van der Waals surface area (Å²) in [6.45, 7) is 2.13.